The summed E-state index contributed by atoms with van der Waals surface area (Å²) in [4.78, 5) is 11.6. The number of aryl methyl sites for hydroxylation is 1. The van der Waals surface area contributed by atoms with Crippen molar-refractivity contribution < 1.29 is 18.4 Å². The lowest BCUT2D eigenvalue weighted by Crippen LogP contribution is -2.09. The number of rotatable bonds is 2. The molecule has 1 heterocycles. The monoisotopic (exact) mass is 273 g/mol. The van der Waals surface area contributed by atoms with Crippen molar-refractivity contribution in [3.8, 4) is 11.3 Å². The van der Waals surface area contributed by atoms with E-state index in [1.807, 2.05) is 0 Å². The maximum Gasteiger partial charge on any atom is 0.333 e. The summed E-state index contributed by atoms with van der Waals surface area (Å²) in [6.45, 7) is 0. The van der Waals surface area contributed by atoms with Crippen LogP contribution in [0.2, 0.25) is 0 Å². The van der Waals surface area contributed by atoms with E-state index in [4.69, 9.17) is 9.26 Å². The van der Waals surface area contributed by atoms with Gasteiger partial charge in [0, 0.05) is 23.1 Å². The SMILES string of the molecule is COC(=O)C1=Cc2c(-c3ccccc3F)noc2CC1. The van der Waals surface area contributed by atoms with E-state index in [9.17, 15) is 9.18 Å². The second-order valence-corrected chi connectivity index (χ2v) is 4.51. The lowest BCUT2D eigenvalue weighted by molar-refractivity contribution is -0.136. The second kappa shape index (κ2) is 4.92. The summed E-state index contributed by atoms with van der Waals surface area (Å²) in [5, 5.41) is 3.94. The number of carbonyl (C=O) groups is 1. The maximum absolute atomic E-state index is 13.9. The number of aromatic nitrogens is 1. The number of carbonyl (C=O) groups excluding carboxylic acids is 1. The fourth-order valence-electron chi connectivity index (χ4n) is 2.29. The van der Waals surface area contributed by atoms with Gasteiger partial charge in [0.15, 0.2) is 0 Å². The Morgan fingerprint density at radius 3 is 2.90 bits per heavy atom. The predicted octanol–water partition coefficient (Wildman–Crippen LogP) is 2.98. The Bertz CT molecular complexity index is 703. The fourth-order valence-corrected chi connectivity index (χ4v) is 2.29. The summed E-state index contributed by atoms with van der Waals surface area (Å²) in [5.41, 5.74) is 1.97. The molecule has 102 valence electrons. The molecular formula is C15H12FNO3. The molecule has 0 aliphatic heterocycles. The van der Waals surface area contributed by atoms with Crippen molar-refractivity contribution in [3.05, 3.63) is 47.0 Å². The molecule has 1 aromatic carbocycles. The first-order chi connectivity index (χ1) is 9.70. The van der Waals surface area contributed by atoms with Crippen LogP contribution in [0.5, 0.6) is 0 Å². The van der Waals surface area contributed by atoms with Gasteiger partial charge < -0.3 is 9.26 Å². The summed E-state index contributed by atoms with van der Waals surface area (Å²) in [5.74, 6) is -0.0885. The topological polar surface area (TPSA) is 52.3 Å². The molecule has 0 unspecified atom stereocenters. The Morgan fingerprint density at radius 1 is 1.35 bits per heavy atom. The predicted molar refractivity (Wildman–Crippen MR) is 70.2 cm³/mol. The first-order valence-electron chi connectivity index (χ1n) is 6.23. The summed E-state index contributed by atoms with van der Waals surface area (Å²) < 4.78 is 23.8. The number of fused-ring (bicyclic) bond motifs is 1. The molecule has 2 aromatic rings. The number of benzene rings is 1. The van der Waals surface area contributed by atoms with Gasteiger partial charge in [-0.25, -0.2) is 9.18 Å². The zero-order valence-corrected chi connectivity index (χ0v) is 10.9. The number of halogens is 1. The lowest BCUT2D eigenvalue weighted by Gasteiger charge is -2.10. The van der Waals surface area contributed by atoms with E-state index in [1.165, 1.54) is 13.2 Å². The van der Waals surface area contributed by atoms with Gasteiger partial charge in [-0.05, 0) is 24.6 Å². The minimum absolute atomic E-state index is 0.361. The highest BCUT2D eigenvalue weighted by atomic mass is 19.1. The van der Waals surface area contributed by atoms with E-state index < -0.39 is 0 Å². The number of hydrogen-bond acceptors (Lipinski definition) is 4. The minimum atomic E-state index is -0.378. The van der Waals surface area contributed by atoms with E-state index in [0.717, 1.165) is 0 Å². The number of ether oxygens (including phenoxy) is 1. The third kappa shape index (κ3) is 2.01. The smallest absolute Gasteiger partial charge is 0.333 e. The Balaban J connectivity index is 2.11. The van der Waals surface area contributed by atoms with Crippen LogP contribution in [-0.2, 0) is 16.0 Å². The van der Waals surface area contributed by atoms with Gasteiger partial charge in [-0.1, -0.05) is 17.3 Å². The molecule has 0 fully saturated rings. The molecule has 0 amide bonds. The summed E-state index contributed by atoms with van der Waals surface area (Å²) in [7, 11) is 1.34. The zero-order chi connectivity index (χ0) is 14.1. The highest BCUT2D eigenvalue weighted by Gasteiger charge is 2.24. The van der Waals surface area contributed by atoms with Gasteiger partial charge in [0.05, 0.1) is 7.11 Å². The molecule has 1 aliphatic carbocycles. The molecular weight excluding hydrogens is 261 g/mol. The highest BCUT2D eigenvalue weighted by Crippen LogP contribution is 2.33. The van der Waals surface area contributed by atoms with Gasteiger partial charge in [-0.15, -0.1) is 0 Å². The van der Waals surface area contributed by atoms with Gasteiger partial charge in [0.1, 0.15) is 17.3 Å². The summed E-state index contributed by atoms with van der Waals surface area (Å²) in [6.07, 6.45) is 2.76. The van der Waals surface area contributed by atoms with E-state index in [0.29, 0.717) is 41.0 Å². The van der Waals surface area contributed by atoms with Crippen LogP contribution in [-0.4, -0.2) is 18.2 Å². The van der Waals surface area contributed by atoms with Gasteiger partial charge in [0.2, 0.25) is 0 Å². The van der Waals surface area contributed by atoms with E-state index in [1.54, 1.807) is 24.3 Å². The van der Waals surface area contributed by atoms with Crippen LogP contribution >= 0.6 is 0 Å². The van der Waals surface area contributed by atoms with Crippen LogP contribution in [0.3, 0.4) is 0 Å². The second-order valence-electron chi connectivity index (χ2n) is 4.51. The molecule has 1 aliphatic rings. The number of nitrogens with zero attached hydrogens (tertiary/aromatic N) is 1. The van der Waals surface area contributed by atoms with Crippen molar-refractivity contribution in [2.24, 2.45) is 0 Å². The first kappa shape index (κ1) is 12.6. The first-order valence-corrected chi connectivity index (χ1v) is 6.23. The van der Waals surface area contributed by atoms with Crippen LogP contribution in [0.25, 0.3) is 17.3 Å². The number of methoxy groups -OCH3 is 1. The Morgan fingerprint density at radius 2 is 2.15 bits per heavy atom. The van der Waals surface area contributed by atoms with Crippen LogP contribution in [0.4, 0.5) is 4.39 Å². The van der Waals surface area contributed by atoms with Crippen LogP contribution in [0.15, 0.2) is 34.4 Å². The van der Waals surface area contributed by atoms with Crippen molar-refractivity contribution in [3.63, 3.8) is 0 Å². The average molecular weight is 273 g/mol. The molecule has 0 saturated carbocycles. The van der Waals surface area contributed by atoms with Gasteiger partial charge in [-0.3, -0.25) is 0 Å². The molecule has 4 nitrogen and oxygen atoms in total. The standard InChI is InChI=1S/C15H12FNO3/c1-19-15(18)9-6-7-13-11(8-9)14(17-20-13)10-4-2-3-5-12(10)16/h2-5,8H,6-7H2,1H3. The normalized spacial score (nSPS) is 13.6. The summed E-state index contributed by atoms with van der Waals surface area (Å²) >= 11 is 0. The quantitative estimate of drug-likeness (QED) is 0.789. The highest BCUT2D eigenvalue weighted by molar-refractivity contribution is 5.95. The molecule has 0 radical (unpaired) electrons. The maximum atomic E-state index is 13.9. The number of hydrogen-bond donors (Lipinski definition) is 0. The molecule has 1 aromatic heterocycles. The minimum Gasteiger partial charge on any atom is -0.466 e. The van der Waals surface area contributed by atoms with Crippen molar-refractivity contribution in [2.45, 2.75) is 12.8 Å². The third-order valence-corrected chi connectivity index (χ3v) is 3.32. The van der Waals surface area contributed by atoms with E-state index in [2.05, 4.69) is 5.16 Å². The van der Waals surface area contributed by atoms with Crippen molar-refractivity contribution in [1.82, 2.24) is 5.16 Å². The molecule has 0 bridgehead atoms. The number of esters is 1. The van der Waals surface area contributed by atoms with Gasteiger partial charge in [-0.2, -0.15) is 0 Å². The lowest BCUT2D eigenvalue weighted by atomic mass is 9.94. The van der Waals surface area contributed by atoms with E-state index >= 15 is 0 Å². The van der Waals surface area contributed by atoms with Gasteiger partial charge in [0.25, 0.3) is 0 Å². The average Bonchev–Trinajstić information content (AvgIpc) is 2.90. The molecule has 0 saturated heterocycles. The van der Waals surface area contributed by atoms with Crippen molar-refractivity contribution in [1.29, 1.82) is 0 Å². The molecule has 20 heavy (non-hydrogen) atoms. The molecule has 3 rings (SSSR count). The third-order valence-electron chi connectivity index (χ3n) is 3.32. The zero-order valence-electron chi connectivity index (χ0n) is 10.9. The van der Waals surface area contributed by atoms with Gasteiger partial charge >= 0.3 is 5.97 Å². The van der Waals surface area contributed by atoms with Crippen LogP contribution in [0, 0.1) is 5.82 Å². The van der Waals surface area contributed by atoms with Crippen LogP contribution < -0.4 is 0 Å². The Hall–Kier alpha value is -2.43. The van der Waals surface area contributed by atoms with Crippen LogP contribution in [0.1, 0.15) is 17.7 Å². The Kier molecular flexibility index (Phi) is 3.10. The molecule has 0 N–H and O–H groups in total. The van der Waals surface area contributed by atoms with Crippen molar-refractivity contribution >= 4 is 12.0 Å². The van der Waals surface area contributed by atoms with Crippen molar-refractivity contribution in [2.75, 3.05) is 7.11 Å². The summed E-state index contributed by atoms with van der Waals surface area (Å²) in [6, 6.07) is 6.34. The van der Waals surface area contributed by atoms with E-state index in [-0.39, 0.29) is 11.8 Å². The fraction of sp³-hybridized carbons (Fsp3) is 0.200. The Labute approximate surface area is 114 Å². The molecule has 0 atom stereocenters. The molecule has 5 heteroatoms. The molecule has 0 spiro atoms. The largest absolute Gasteiger partial charge is 0.466 e.